The van der Waals surface area contributed by atoms with Crippen LogP contribution in [-0.4, -0.2) is 45.1 Å². The molecule has 0 saturated carbocycles. The Morgan fingerprint density at radius 3 is 2.03 bits per heavy atom. The van der Waals surface area contributed by atoms with Crippen LogP contribution in [-0.2, 0) is 16.6 Å². The highest BCUT2D eigenvalue weighted by molar-refractivity contribution is 7.92. The van der Waals surface area contributed by atoms with Gasteiger partial charge >= 0.3 is 6.36 Å². The van der Waals surface area contributed by atoms with Gasteiger partial charge in [0, 0.05) is 6.54 Å². The molecule has 0 unspecified atom stereocenters. The van der Waals surface area contributed by atoms with Crippen LogP contribution in [0, 0.1) is 0 Å². The van der Waals surface area contributed by atoms with Crippen molar-refractivity contribution in [3.8, 4) is 5.75 Å². The maximum atomic E-state index is 13.7. The van der Waals surface area contributed by atoms with Crippen LogP contribution in [0.15, 0.2) is 66.7 Å². The molecule has 0 amide bonds. The smallest absolute Gasteiger partial charge is 0.406 e. The summed E-state index contributed by atoms with van der Waals surface area (Å²) in [4.78, 5) is 2.20. The third-order valence-electron chi connectivity index (χ3n) is 6.16. The van der Waals surface area contributed by atoms with Crippen molar-refractivity contribution in [3.05, 3.63) is 72.3 Å². The van der Waals surface area contributed by atoms with Crippen LogP contribution in [0.3, 0.4) is 0 Å². The molecule has 0 bridgehead atoms. The predicted octanol–water partition coefficient (Wildman–Crippen LogP) is 6.98. The number of unbranched alkanes of at least 4 members (excludes halogenated alkanes) is 2. The summed E-state index contributed by atoms with van der Waals surface area (Å²) in [6, 6.07) is 18.5. The van der Waals surface area contributed by atoms with Gasteiger partial charge in [0.15, 0.2) is 0 Å². The van der Waals surface area contributed by atoms with Gasteiger partial charge in [0.05, 0.1) is 18.0 Å². The normalized spacial score (nSPS) is 12.3. The lowest BCUT2D eigenvalue weighted by Crippen LogP contribution is -2.38. The van der Waals surface area contributed by atoms with Gasteiger partial charge in [0.2, 0.25) is 10.0 Å². The Kier molecular flexibility index (Phi) is 10.2. The van der Waals surface area contributed by atoms with Gasteiger partial charge in [-0.15, -0.1) is 13.2 Å². The molecule has 0 heterocycles. The third-order valence-corrected chi connectivity index (χ3v) is 7.87. The van der Waals surface area contributed by atoms with Gasteiger partial charge in [-0.05, 0) is 66.5 Å². The average molecular weight is 537 g/mol. The fourth-order valence-corrected chi connectivity index (χ4v) is 5.59. The van der Waals surface area contributed by atoms with Crippen LogP contribution in [0.25, 0.3) is 10.8 Å². The first kappa shape index (κ1) is 28.8. The molecule has 37 heavy (non-hydrogen) atoms. The van der Waals surface area contributed by atoms with Crippen LogP contribution in [0.1, 0.15) is 45.1 Å². The van der Waals surface area contributed by atoms with Gasteiger partial charge in [-0.1, -0.05) is 69.2 Å². The van der Waals surface area contributed by atoms with Gasteiger partial charge in [0.25, 0.3) is 0 Å². The molecule has 3 aromatic rings. The molecule has 0 atom stereocenters. The van der Waals surface area contributed by atoms with E-state index in [1.54, 1.807) is 6.07 Å². The van der Waals surface area contributed by atoms with Gasteiger partial charge in [-0.2, -0.15) is 0 Å². The van der Waals surface area contributed by atoms with Crippen molar-refractivity contribution in [1.29, 1.82) is 0 Å². The van der Waals surface area contributed by atoms with E-state index in [1.807, 2.05) is 36.4 Å². The van der Waals surface area contributed by atoms with Crippen molar-refractivity contribution in [2.24, 2.45) is 0 Å². The molecule has 3 aromatic carbocycles. The van der Waals surface area contributed by atoms with Crippen LogP contribution in [0.5, 0.6) is 5.75 Å². The van der Waals surface area contributed by atoms with Crippen molar-refractivity contribution in [3.63, 3.8) is 0 Å². The van der Waals surface area contributed by atoms with E-state index in [4.69, 9.17) is 0 Å². The van der Waals surface area contributed by atoms with Gasteiger partial charge < -0.3 is 9.64 Å². The number of ether oxygens (including phenoxy) is 1. The molecule has 0 spiro atoms. The Hall–Kier alpha value is -2.78. The molecule has 0 aliphatic heterocycles. The summed E-state index contributed by atoms with van der Waals surface area (Å²) in [6.45, 7) is 6.34. The molecule has 0 saturated heterocycles. The quantitative estimate of drug-likeness (QED) is 0.223. The Balaban J connectivity index is 1.88. The standard InChI is InChI=1S/C28H35F3N2O3S/c1-3-5-17-32(18-6-4-2)19-20-37(34,35)33(26-14-13-24-9-7-8-10-25(24)21-26)22-23-11-15-27(16-12-23)36-28(29,30)31/h7-16,21H,3-6,17-20,22H2,1-2H3. The number of anilines is 1. The molecular formula is C28H35F3N2O3S. The van der Waals surface area contributed by atoms with Crippen molar-refractivity contribution < 1.29 is 26.3 Å². The summed E-state index contributed by atoms with van der Waals surface area (Å²) in [6.07, 6.45) is -0.711. The second-order valence-electron chi connectivity index (χ2n) is 9.09. The van der Waals surface area contributed by atoms with E-state index >= 15 is 0 Å². The Bertz CT molecular complexity index is 1220. The summed E-state index contributed by atoms with van der Waals surface area (Å²) in [5, 5.41) is 1.89. The number of benzene rings is 3. The molecule has 202 valence electrons. The Morgan fingerprint density at radius 1 is 0.811 bits per heavy atom. The molecule has 0 aromatic heterocycles. The number of alkyl halides is 3. The molecule has 0 aliphatic rings. The minimum atomic E-state index is -4.79. The van der Waals surface area contributed by atoms with Crippen molar-refractivity contribution in [2.45, 2.75) is 52.4 Å². The maximum absolute atomic E-state index is 13.7. The average Bonchev–Trinajstić information content (AvgIpc) is 2.86. The number of rotatable bonds is 14. The number of sulfonamides is 1. The number of nitrogens with zero attached hydrogens (tertiary/aromatic N) is 2. The van der Waals surface area contributed by atoms with Crippen LogP contribution >= 0.6 is 0 Å². The van der Waals surface area contributed by atoms with Gasteiger partial charge in [0.1, 0.15) is 5.75 Å². The minimum absolute atomic E-state index is 0.00308. The van der Waals surface area contributed by atoms with E-state index in [0.717, 1.165) is 49.5 Å². The highest BCUT2D eigenvalue weighted by atomic mass is 32.2. The Morgan fingerprint density at radius 2 is 1.43 bits per heavy atom. The lowest BCUT2D eigenvalue weighted by Gasteiger charge is -2.28. The second kappa shape index (κ2) is 13.1. The summed E-state index contributed by atoms with van der Waals surface area (Å²) >= 11 is 0. The molecule has 0 aliphatic carbocycles. The lowest BCUT2D eigenvalue weighted by atomic mass is 10.1. The van der Waals surface area contributed by atoms with Crippen LogP contribution in [0.2, 0.25) is 0 Å². The summed E-state index contributed by atoms with van der Waals surface area (Å²) < 4.78 is 70.4. The fourth-order valence-electron chi connectivity index (χ4n) is 4.10. The number of fused-ring (bicyclic) bond motifs is 1. The van der Waals surface area contributed by atoms with Crippen LogP contribution in [0.4, 0.5) is 18.9 Å². The van der Waals surface area contributed by atoms with E-state index in [-0.39, 0.29) is 18.0 Å². The predicted molar refractivity (Wildman–Crippen MR) is 143 cm³/mol. The second-order valence-corrected chi connectivity index (χ2v) is 11.1. The van der Waals surface area contributed by atoms with E-state index in [0.29, 0.717) is 17.8 Å². The zero-order chi connectivity index (χ0) is 26.9. The molecule has 0 fully saturated rings. The van der Waals surface area contributed by atoms with Crippen molar-refractivity contribution >= 4 is 26.5 Å². The first-order valence-corrected chi connectivity index (χ1v) is 14.3. The first-order valence-electron chi connectivity index (χ1n) is 12.7. The highest BCUT2D eigenvalue weighted by Crippen LogP contribution is 2.28. The summed E-state index contributed by atoms with van der Waals surface area (Å²) in [7, 11) is -3.75. The van der Waals surface area contributed by atoms with E-state index in [2.05, 4.69) is 23.5 Å². The van der Waals surface area contributed by atoms with Crippen molar-refractivity contribution in [1.82, 2.24) is 4.90 Å². The number of hydrogen-bond donors (Lipinski definition) is 0. The third kappa shape index (κ3) is 8.93. The number of halogens is 3. The SMILES string of the molecule is CCCCN(CCCC)CCS(=O)(=O)N(Cc1ccc(OC(F)(F)F)cc1)c1ccc2ccccc2c1. The highest BCUT2D eigenvalue weighted by Gasteiger charge is 2.31. The van der Waals surface area contributed by atoms with Crippen molar-refractivity contribution in [2.75, 3.05) is 29.7 Å². The largest absolute Gasteiger partial charge is 0.573 e. The number of hydrogen-bond acceptors (Lipinski definition) is 4. The van der Waals surface area contributed by atoms with E-state index in [1.165, 1.54) is 28.6 Å². The summed E-state index contributed by atoms with van der Waals surface area (Å²) in [5.74, 6) is -0.401. The summed E-state index contributed by atoms with van der Waals surface area (Å²) in [5.41, 5.74) is 1.07. The minimum Gasteiger partial charge on any atom is -0.406 e. The van der Waals surface area contributed by atoms with E-state index in [9.17, 15) is 21.6 Å². The fraction of sp³-hybridized carbons (Fsp3) is 0.429. The molecule has 0 radical (unpaired) electrons. The maximum Gasteiger partial charge on any atom is 0.573 e. The zero-order valence-electron chi connectivity index (χ0n) is 21.4. The van der Waals surface area contributed by atoms with Gasteiger partial charge in [-0.3, -0.25) is 4.31 Å². The van der Waals surface area contributed by atoms with Crippen LogP contribution < -0.4 is 9.04 Å². The first-order chi connectivity index (χ1) is 17.6. The zero-order valence-corrected chi connectivity index (χ0v) is 22.2. The monoisotopic (exact) mass is 536 g/mol. The lowest BCUT2D eigenvalue weighted by molar-refractivity contribution is -0.274. The molecule has 0 N–H and O–H groups in total. The molecular weight excluding hydrogens is 501 g/mol. The van der Waals surface area contributed by atoms with Gasteiger partial charge in [-0.25, -0.2) is 8.42 Å². The Labute approximate surface area is 217 Å². The topological polar surface area (TPSA) is 49.9 Å². The molecule has 5 nitrogen and oxygen atoms in total. The molecule has 9 heteroatoms. The van der Waals surface area contributed by atoms with E-state index < -0.39 is 16.4 Å². The molecule has 3 rings (SSSR count).